The lowest BCUT2D eigenvalue weighted by molar-refractivity contribution is -0.114. The van der Waals surface area contributed by atoms with Gasteiger partial charge in [0.25, 0.3) is 17.4 Å². The number of aryl methyl sites for hydroxylation is 1. The topological polar surface area (TPSA) is 129 Å². The zero-order valence-electron chi connectivity index (χ0n) is 15.0. The Morgan fingerprint density at radius 1 is 1.19 bits per heavy atom. The van der Waals surface area contributed by atoms with Gasteiger partial charge in [0.1, 0.15) is 5.56 Å². The molecule has 2 aromatic rings. The number of hydrazone groups is 1. The number of anilines is 1. The molecule has 4 N–H and O–H groups in total. The second-order valence-corrected chi connectivity index (χ2v) is 6.28. The highest BCUT2D eigenvalue weighted by molar-refractivity contribution is 6.32. The van der Waals surface area contributed by atoms with Crippen molar-refractivity contribution in [1.82, 2.24) is 4.98 Å². The molecule has 8 heteroatoms. The molecule has 0 unspecified atom stereocenters. The first kappa shape index (κ1) is 18.1. The van der Waals surface area contributed by atoms with Crippen LogP contribution >= 0.6 is 0 Å². The van der Waals surface area contributed by atoms with Crippen molar-refractivity contribution in [3.63, 3.8) is 0 Å². The van der Waals surface area contributed by atoms with Gasteiger partial charge in [0, 0.05) is 5.56 Å². The maximum atomic E-state index is 12.8. The SMILES string of the molecule is CC1=NN(c2ccc(C)cc2)C(=O)C1=Cc1c(C)c(C(N)=O)c(O)[nH]c1=O. The molecule has 138 valence electrons. The Balaban J connectivity index is 2.09. The van der Waals surface area contributed by atoms with Crippen LogP contribution in [0, 0.1) is 13.8 Å². The molecule has 1 aromatic heterocycles. The molecule has 1 aromatic carbocycles. The molecule has 0 saturated heterocycles. The fourth-order valence-electron chi connectivity index (χ4n) is 2.88. The zero-order valence-corrected chi connectivity index (χ0v) is 15.0. The number of benzene rings is 1. The van der Waals surface area contributed by atoms with E-state index in [2.05, 4.69) is 10.1 Å². The molecule has 0 saturated carbocycles. The summed E-state index contributed by atoms with van der Waals surface area (Å²) in [6.45, 7) is 5.06. The van der Waals surface area contributed by atoms with Crippen LogP contribution in [0.25, 0.3) is 6.08 Å². The molecular formula is C19H18N4O4. The Morgan fingerprint density at radius 2 is 1.81 bits per heavy atom. The van der Waals surface area contributed by atoms with E-state index in [9.17, 15) is 19.5 Å². The van der Waals surface area contributed by atoms with Gasteiger partial charge in [-0.2, -0.15) is 10.1 Å². The number of aromatic hydroxyl groups is 1. The van der Waals surface area contributed by atoms with Gasteiger partial charge in [-0.15, -0.1) is 0 Å². The summed E-state index contributed by atoms with van der Waals surface area (Å²) in [5, 5.41) is 15.3. The molecule has 0 fully saturated rings. The van der Waals surface area contributed by atoms with Gasteiger partial charge >= 0.3 is 0 Å². The molecule has 1 aliphatic rings. The van der Waals surface area contributed by atoms with Crippen molar-refractivity contribution >= 4 is 29.3 Å². The Kier molecular flexibility index (Phi) is 4.40. The number of nitrogens with one attached hydrogen (secondary N) is 1. The van der Waals surface area contributed by atoms with Crippen LogP contribution < -0.4 is 16.3 Å². The molecule has 0 radical (unpaired) electrons. The number of carbonyl (C=O) groups is 2. The van der Waals surface area contributed by atoms with E-state index in [-0.39, 0.29) is 22.3 Å². The van der Waals surface area contributed by atoms with Crippen LogP contribution in [-0.2, 0) is 4.79 Å². The third-order valence-electron chi connectivity index (χ3n) is 4.37. The highest BCUT2D eigenvalue weighted by atomic mass is 16.3. The van der Waals surface area contributed by atoms with Crippen molar-refractivity contribution in [1.29, 1.82) is 0 Å². The summed E-state index contributed by atoms with van der Waals surface area (Å²) < 4.78 is 0. The van der Waals surface area contributed by atoms with E-state index in [4.69, 9.17) is 5.73 Å². The maximum absolute atomic E-state index is 12.8. The molecule has 2 amide bonds. The third kappa shape index (κ3) is 3.12. The van der Waals surface area contributed by atoms with E-state index >= 15 is 0 Å². The zero-order chi connectivity index (χ0) is 19.9. The van der Waals surface area contributed by atoms with Crippen molar-refractivity contribution in [3.8, 4) is 5.88 Å². The van der Waals surface area contributed by atoms with Gasteiger partial charge in [0.05, 0.1) is 17.0 Å². The minimum absolute atomic E-state index is 0.0604. The van der Waals surface area contributed by atoms with E-state index in [0.717, 1.165) is 5.56 Å². The number of aromatic nitrogens is 1. The second kappa shape index (κ2) is 6.56. The predicted molar refractivity (Wildman–Crippen MR) is 102 cm³/mol. The molecular weight excluding hydrogens is 348 g/mol. The summed E-state index contributed by atoms with van der Waals surface area (Å²) in [6, 6.07) is 7.28. The largest absolute Gasteiger partial charge is 0.494 e. The molecule has 3 rings (SSSR count). The monoisotopic (exact) mass is 366 g/mol. The first-order valence-electron chi connectivity index (χ1n) is 8.14. The molecule has 8 nitrogen and oxygen atoms in total. The number of H-pyrrole nitrogens is 1. The van der Waals surface area contributed by atoms with E-state index < -0.39 is 23.3 Å². The number of nitrogens with two attached hydrogens (primary N) is 1. The molecule has 0 spiro atoms. The summed E-state index contributed by atoms with van der Waals surface area (Å²) in [5.41, 5.74) is 6.96. The summed E-state index contributed by atoms with van der Waals surface area (Å²) in [6.07, 6.45) is 1.36. The summed E-state index contributed by atoms with van der Waals surface area (Å²) >= 11 is 0. The number of nitrogens with zero attached hydrogens (tertiary/aromatic N) is 2. The number of primary amides is 1. The van der Waals surface area contributed by atoms with Gasteiger partial charge in [0.15, 0.2) is 0 Å². The minimum atomic E-state index is -0.884. The average molecular weight is 366 g/mol. The van der Waals surface area contributed by atoms with Crippen LogP contribution in [0.15, 0.2) is 39.7 Å². The first-order chi connectivity index (χ1) is 12.7. The highest BCUT2D eigenvalue weighted by Gasteiger charge is 2.29. The Morgan fingerprint density at radius 3 is 2.41 bits per heavy atom. The van der Waals surface area contributed by atoms with Crippen LogP contribution in [0.2, 0.25) is 0 Å². The highest BCUT2D eigenvalue weighted by Crippen LogP contribution is 2.26. The van der Waals surface area contributed by atoms with Crippen LogP contribution in [0.5, 0.6) is 5.88 Å². The summed E-state index contributed by atoms with van der Waals surface area (Å²) in [7, 11) is 0. The number of carbonyl (C=O) groups excluding carboxylic acids is 2. The second-order valence-electron chi connectivity index (χ2n) is 6.28. The van der Waals surface area contributed by atoms with Crippen LogP contribution in [0.1, 0.15) is 34.0 Å². The van der Waals surface area contributed by atoms with E-state index in [1.807, 2.05) is 19.1 Å². The van der Waals surface area contributed by atoms with Gasteiger partial charge in [-0.3, -0.25) is 19.4 Å². The molecule has 27 heavy (non-hydrogen) atoms. The third-order valence-corrected chi connectivity index (χ3v) is 4.37. The molecule has 0 bridgehead atoms. The normalized spacial score (nSPS) is 15.4. The number of rotatable bonds is 3. The van der Waals surface area contributed by atoms with Crippen LogP contribution in [-0.4, -0.2) is 27.6 Å². The lowest BCUT2D eigenvalue weighted by atomic mass is 10.0. The van der Waals surface area contributed by atoms with Gasteiger partial charge in [0.2, 0.25) is 5.88 Å². The van der Waals surface area contributed by atoms with Gasteiger partial charge in [-0.1, -0.05) is 17.7 Å². The number of amides is 2. The van der Waals surface area contributed by atoms with Crippen molar-refractivity contribution in [3.05, 3.63) is 62.4 Å². The lowest BCUT2D eigenvalue weighted by Crippen LogP contribution is -2.23. The minimum Gasteiger partial charge on any atom is -0.494 e. The number of pyridine rings is 1. The number of hydrogen-bond acceptors (Lipinski definition) is 5. The maximum Gasteiger partial charge on any atom is 0.280 e. The van der Waals surface area contributed by atoms with E-state index in [1.165, 1.54) is 18.0 Å². The Labute approximate surface area is 154 Å². The standard InChI is InChI=1S/C19H18N4O4/c1-9-4-6-12(7-5-9)23-19(27)14(11(3)22-23)8-13-10(2)15(16(20)24)18(26)21-17(13)25/h4-8H,1-3H3,(H2,20,24)(H2,21,25,26). The van der Waals surface area contributed by atoms with E-state index in [1.54, 1.807) is 19.1 Å². The lowest BCUT2D eigenvalue weighted by Gasteiger charge is -2.12. The van der Waals surface area contributed by atoms with Crippen molar-refractivity contribution in [2.75, 3.05) is 5.01 Å². The quantitative estimate of drug-likeness (QED) is 0.713. The van der Waals surface area contributed by atoms with Crippen molar-refractivity contribution < 1.29 is 14.7 Å². The first-order valence-corrected chi connectivity index (χ1v) is 8.14. The fraction of sp³-hybridized carbons (Fsp3) is 0.158. The van der Waals surface area contributed by atoms with Gasteiger partial charge in [-0.25, -0.2) is 0 Å². The van der Waals surface area contributed by atoms with Gasteiger partial charge < -0.3 is 10.8 Å². The van der Waals surface area contributed by atoms with Crippen molar-refractivity contribution in [2.24, 2.45) is 10.8 Å². The van der Waals surface area contributed by atoms with Crippen LogP contribution in [0.4, 0.5) is 5.69 Å². The summed E-state index contributed by atoms with van der Waals surface area (Å²) in [4.78, 5) is 38.8. The molecule has 0 atom stereocenters. The predicted octanol–water partition coefficient (Wildman–Crippen LogP) is 1.60. The smallest absolute Gasteiger partial charge is 0.280 e. The molecule has 2 heterocycles. The molecule has 1 aliphatic heterocycles. The summed E-state index contributed by atoms with van der Waals surface area (Å²) in [5.74, 6) is -1.88. The Hall–Kier alpha value is -3.68. The Bertz CT molecular complexity index is 1080. The van der Waals surface area contributed by atoms with Gasteiger partial charge in [-0.05, 0) is 44.5 Å². The average Bonchev–Trinajstić information content (AvgIpc) is 2.86. The van der Waals surface area contributed by atoms with Crippen LogP contribution in [0.3, 0.4) is 0 Å². The molecule has 0 aliphatic carbocycles. The van der Waals surface area contributed by atoms with E-state index in [0.29, 0.717) is 11.4 Å². The fourth-order valence-corrected chi connectivity index (χ4v) is 2.88. The van der Waals surface area contributed by atoms with Crippen molar-refractivity contribution in [2.45, 2.75) is 20.8 Å². The number of aromatic amines is 1. The number of hydrogen-bond donors (Lipinski definition) is 3.